The van der Waals surface area contributed by atoms with E-state index < -0.39 is 10.0 Å². The van der Waals surface area contributed by atoms with Crippen molar-refractivity contribution in [3.63, 3.8) is 0 Å². The van der Waals surface area contributed by atoms with Gasteiger partial charge in [-0.3, -0.25) is 4.79 Å². The molecule has 154 valence electrons. The molecular weight excluding hydrogens is 398 g/mol. The van der Waals surface area contributed by atoms with Crippen LogP contribution in [0.3, 0.4) is 0 Å². The maximum Gasteiger partial charge on any atom is 0.276 e. The molecule has 7 heteroatoms. The van der Waals surface area contributed by atoms with Gasteiger partial charge in [0.05, 0.1) is 10.4 Å². The first-order valence-corrected chi connectivity index (χ1v) is 11.8. The van der Waals surface area contributed by atoms with E-state index in [1.807, 2.05) is 30.3 Å². The van der Waals surface area contributed by atoms with E-state index in [1.165, 1.54) is 0 Å². The Bertz CT molecular complexity index is 1230. The topological polar surface area (TPSA) is 79.4 Å². The van der Waals surface area contributed by atoms with E-state index >= 15 is 0 Å². The summed E-state index contributed by atoms with van der Waals surface area (Å²) in [5.41, 5.74) is 2.80. The third kappa shape index (κ3) is 3.48. The number of hydrogen-bond acceptors (Lipinski definition) is 4. The molecule has 3 aromatic rings. The number of sulfonamides is 1. The van der Waals surface area contributed by atoms with Gasteiger partial charge in [-0.15, -0.1) is 0 Å². The zero-order chi connectivity index (χ0) is 20.7. The van der Waals surface area contributed by atoms with Crippen LogP contribution < -0.4 is 9.62 Å². The van der Waals surface area contributed by atoms with Gasteiger partial charge in [-0.2, -0.15) is 0 Å². The van der Waals surface area contributed by atoms with E-state index in [4.69, 9.17) is 0 Å². The third-order valence-corrected chi connectivity index (χ3v) is 7.51. The smallest absolute Gasteiger partial charge is 0.276 e. The summed E-state index contributed by atoms with van der Waals surface area (Å²) in [6, 6.07) is 16.4. The number of para-hydroxylation sites is 1. The molecular formula is C23H23N3O3S. The highest BCUT2D eigenvalue weighted by Gasteiger charge is 2.29. The number of pyridine rings is 1. The molecule has 2 aliphatic rings. The van der Waals surface area contributed by atoms with Crippen molar-refractivity contribution in [3.8, 4) is 0 Å². The fourth-order valence-corrected chi connectivity index (χ4v) is 5.77. The minimum absolute atomic E-state index is 0.0281. The van der Waals surface area contributed by atoms with Crippen molar-refractivity contribution in [2.24, 2.45) is 0 Å². The summed E-state index contributed by atoms with van der Waals surface area (Å²) in [7, 11) is -3.55. The Labute approximate surface area is 176 Å². The molecule has 1 amide bonds. The summed E-state index contributed by atoms with van der Waals surface area (Å²) >= 11 is 0. The normalized spacial score (nSPS) is 16.9. The number of anilines is 1. The number of amides is 1. The number of nitrogens with one attached hydrogen (secondary N) is 1. The lowest BCUT2D eigenvalue weighted by Gasteiger charge is -2.18. The summed E-state index contributed by atoms with van der Waals surface area (Å²) < 4.78 is 28.3. The first-order chi connectivity index (χ1) is 14.5. The first kappa shape index (κ1) is 19.2. The molecule has 1 aromatic heterocycles. The fraction of sp³-hybridized carbons (Fsp3) is 0.304. The summed E-state index contributed by atoms with van der Waals surface area (Å²) in [5.74, 6) is -0.167. The SMILES string of the molecule is O=C(c1ccc2ccccc2n1)N1CCc2cc(S(=O)(=O)NC3CCCC3)ccc21. The number of carbonyl (C=O) groups is 1. The molecule has 30 heavy (non-hydrogen) atoms. The second-order valence-electron chi connectivity index (χ2n) is 7.99. The molecule has 1 fully saturated rings. The Morgan fingerprint density at radius 1 is 1.03 bits per heavy atom. The first-order valence-electron chi connectivity index (χ1n) is 10.3. The Hall–Kier alpha value is -2.77. The van der Waals surface area contributed by atoms with Crippen LogP contribution in [-0.4, -0.2) is 31.9 Å². The Morgan fingerprint density at radius 2 is 1.83 bits per heavy atom. The average molecular weight is 422 g/mol. The number of hydrogen-bond donors (Lipinski definition) is 1. The summed E-state index contributed by atoms with van der Waals surface area (Å²) in [6.45, 7) is 0.516. The highest BCUT2D eigenvalue weighted by atomic mass is 32.2. The Morgan fingerprint density at radius 3 is 2.67 bits per heavy atom. The molecule has 1 aliphatic heterocycles. The lowest BCUT2D eigenvalue weighted by molar-refractivity contribution is 0.0985. The van der Waals surface area contributed by atoms with Gasteiger partial charge in [0.15, 0.2) is 0 Å². The molecule has 1 aliphatic carbocycles. The summed E-state index contributed by atoms with van der Waals surface area (Å²) in [5, 5.41) is 0.987. The average Bonchev–Trinajstić information content (AvgIpc) is 3.41. The van der Waals surface area contributed by atoms with Crippen molar-refractivity contribution < 1.29 is 13.2 Å². The predicted octanol–water partition coefficient (Wildman–Crippen LogP) is 3.66. The third-order valence-electron chi connectivity index (χ3n) is 6.00. The van der Waals surface area contributed by atoms with Gasteiger partial charge in [-0.25, -0.2) is 18.1 Å². The molecule has 1 N–H and O–H groups in total. The van der Waals surface area contributed by atoms with Gasteiger partial charge in [0, 0.05) is 23.7 Å². The number of rotatable bonds is 4. The van der Waals surface area contributed by atoms with Crippen molar-refractivity contribution in [1.82, 2.24) is 9.71 Å². The van der Waals surface area contributed by atoms with Crippen molar-refractivity contribution in [3.05, 3.63) is 65.9 Å². The second-order valence-corrected chi connectivity index (χ2v) is 9.70. The zero-order valence-corrected chi connectivity index (χ0v) is 17.4. The maximum atomic E-state index is 13.1. The van der Waals surface area contributed by atoms with Crippen molar-refractivity contribution >= 4 is 32.5 Å². The molecule has 1 saturated carbocycles. The van der Waals surface area contributed by atoms with Crippen LogP contribution in [0.1, 0.15) is 41.7 Å². The molecule has 0 spiro atoms. The second kappa shape index (κ2) is 7.49. The fourth-order valence-electron chi connectivity index (χ4n) is 4.41. The van der Waals surface area contributed by atoms with Crippen LogP contribution in [0.25, 0.3) is 10.9 Å². The van der Waals surface area contributed by atoms with E-state index in [2.05, 4.69) is 9.71 Å². The predicted molar refractivity (Wildman–Crippen MR) is 116 cm³/mol. The van der Waals surface area contributed by atoms with E-state index in [9.17, 15) is 13.2 Å². The number of nitrogens with zero attached hydrogens (tertiary/aromatic N) is 2. The standard InChI is InChI=1S/C23H23N3O3S/c27-23(21-11-9-16-5-1-4-8-20(16)24-21)26-14-13-17-15-19(10-12-22(17)26)30(28,29)25-18-6-2-3-7-18/h1,4-5,8-12,15,18,25H,2-3,6-7,13-14H2. The molecule has 6 nitrogen and oxygen atoms in total. The van der Waals surface area contributed by atoms with Crippen LogP contribution >= 0.6 is 0 Å². The van der Waals surface area contributed by atoms with Crippen LogP contribution in [0.15, 0.2) is 59.5 Å². The monoisotopic (exact) mass is 421 g/mol. The highest BCUT2D eigenvalue weighted by Crippen LogP contribution is 2.32. The van der Waals surface area contributed by atoms with Gasteiger partial charge in [0.1, 0.15) is 5.69 Å². The van der Waals surface area contributed by atoms with E-state index in [-0.39, 0.29) is 16.8 Å². The van der Waals surface area contributed by atoms with Crippen molar-refractivity contribution in [2.45, 2.75) is 43.0 Å². The number of benzene rings is 2. The summed E-state index contributed by atoms with van der Waals surface area (Å²) in [4.78, 5) is 19.6. The van der Waals surface area contributed by atoms with Gasteiger partial charge >= 0.3 is 0 Å². The number of carbonyl (C=O) groups excluding carboxylic acids is 1. The van der Waals surface area contributed by atoms with Crippen molar-refractivity contribution in [1.29, 1.82) is 0 Å². The van der Waals surface area contributed by atoms with Crippen LogP contribution in [0, 0.1) is 0 Å². The zero-order valence-electron chi connectivity index (χ0n) is 16.5. The van der Waals surface area contributed by atoms with Gasteiger partial charge in [-0.05, 0) is 55.2 Å². The Kier molecular flexibility index (Phi) is 4.79. The molecule has 0 bridgehead atoms. The molecule has 0 saturated heterocycles. The molecule has 2 aromatic carbocycles. The minimum atomic E-state index is -3.55. The van der Waals surface area contributed by atoms with Gasteiger partial charge in [0.2, 0.25) is 10.0 Å². The van der Waals surface area contributed by atoms with Crippen LogP contribution in [0.5, 0.6) is 0 Å². The van der Waals surface area contributed by atoms with Crippen molar-refractivity contribution in [2.75, 3.05) is 11.4 Å². The lowest BCUT2D eigenvalue weighted by atomic mass is 10.1. The quantitative estimate of drug-likeness (QED) is 0.697. The Balaban J connectivity index is 1.40. The number of aromatic nitrogens is 1. The van der Waals surface area contributed by atoms with Crippen LogP contribution in [0.2, 0.25) is 0 Å². The largest absolute Gasteiger partial charge is 0.306 e. The minimum Gasteiger partial charge on any atom is -0.306 e. The highest BCUT2D eigenvalue weighted by molar-refractivity contribution is 7.89. The number of fused-ring (bicyclic) bond motifs is 2. The van der Waals surface area contributed by atoms with Crippen LogP contribution in [0.4, 0.5) is 5.69 Å². The van der Waals surface area contributed by atoms with Gasteiger partial charge in [-0.1, -0.05) is 37.1 Å². The lowest BCUT2D eigenvalue weighted by Crippen LogP contribution is -2.32. The molecule has 0 radical (unpaired) electrons. The molecule has 0 unspecified atom stereocenters. The van der Waals surface area contributed by atoms with Gasteiger partial charge < -0.3 is 4.90 Å². The molecule has 5 rings (SSSR count). The molecule has 0 atom stereocenters. The van der Waals surface area contributed by atoms with E-state index in [0.717, 1.165) is 47.8 Å². The van der Waals surface area contributed by atoms with Gasteiger partial charge in [0.25, 0.3) is 5.91 Å². The van der Waals surface area contributed by atoms with E-state index in [0.29, 0.717) is 18.7 Å². The maximum absolute atomic E-state index is 13.1. The van der Waals surface area contributed by atoms with Crippen LogP contribution in [-0.2, 0) is 16.4 Å². The molecule has 2 heterocycles. The summed E-state index contributed by atoms with van der Waals surface area (Å²) in [6.07, 6.45) is 4.55. The van der Waals surface area contributed by atoms with E-state index in [1.54, 1.807) is 29.2 Å².